The van der Waals surface area contributed by atoms with Crippen LogP contribution in [0.25, 0.3) is 0 Å². The van der Waals surface area contributed by atoms with E-state index in [0.717, 1.165) is 31.0 Å². The van der Waals surface area contributed by atoms with Crippen LogP contribution in [0.2, 0.25) is 0 Å². The fourth-order valence-electron chi connectivity index (χ4n) is 4.35. The lowest BCUT2D eigenvalue weighted by Gasteiger charge is -2.35. The van der Waals surface area contributed by atoms with E-state index in [0.29, 0.717) is 26.2 Å². The molecule has 0 N–H and O–H groups in total. The highest BCUT2D eigenvalue weighted by Gasteiger charge is 2.30. The van der Waals surface area contributed by atoms with Crippen LogP contribution in [0, 0.1) is 6.92 Å². The first-order chi connectivity index (χ1) is 16.3. The fourth-order valence-corrected chi connectivity index (χ4v) is 5.77. The van der Waals surface area contributed by atoms with Crippen molar-refractivity contribution in [3.63, 3.8) is 0 Å². The standard InChI is InChI=1S/C24H32N4O5S/c1-20-4-6-22(7-5-20)34(31,32)28-16-14-27(15-17-28)24(30)9-8-23(29)26-12-10-25(11-13-26)19-21-3-2-18-33-21/h2-7,18H,8-17,19H2,1H3. The number of benzene rings is 1. The van der Waals surface area contributed by atoms with Crippen molar-refractivity contribution >= 4 is 21.8 Å². The van der Waals surface area contributed by atoms with Gasteiger partial charge in [0.15, 0.2) is 0 Å². The summed E-state index contributed by atoms with van der Waals surface area (Å²) < 4.78 is 32.5. The van der Waals surface area contributed by atoms with Crippen molar-refractivity contribution < 1.29 is 22.4 Å². The van der Waals surface area contributed by atoms with E-state index in [1.165, 1.54) is 4.31 Å². The highest BCUT2D eigenvalue weighted by Crippen LogP contribution is 2.19. The van der Waals surface area contributed by atoms with Gasteiger partial charge in [0, 0.05) is 65.2 Å². The summed E-state index contributed by atoms with van der Waals surface area (Å²) in [5.41, 5.74) is 1.000. The molecule has 10 heteroatoms. The highest BCUT2D eigenvalue weighted by atomic mass is 32.2. The minimum atomic E-state index is -3.56. The van der Waals surface area contributed by atoms with Gasteiger partial charge in [0.1, 0.15) is 5.76 Å². The number of aryl methyl sites for hydroxylation is 1. The Labute approximate surface area is 201 Å². The van der Waals surface area contributed by atoms with Crippen LogP contribution in [0.5, 0.6) is 0 Å². The molecule has 3 heterocycles. The number of furan rings is 1. The van der Waals surface area contributed by atoms with Crippen LogP contribution in [0.15, 0.2) is 52.0 Å². The second kappa shape index (κ2) is 10.7. The molecule has 0 aliphatic carbocycles. The van der Waals surface area contributed by atoms with Crippen molar-refractivity contribution in [3.8, 4) is 0 Å². The maximum Gasteiger partial charge on any atom is 0.243 e. The zero-order valence-electron chi connectivity index (χ0n) is 19.6. The van der Waals surface area contributed by atoms with Gasteiger partial charge in [0.25, 0.3) is 0 Å². The SMILES string of the molecule is Cc1ccc(S(=O)(=O)N2CCN(C(=O)CCC(=O)N3CCN(Cc4ccco4)CC3)CC2)cc1. The van der Waals surface area contributed by atoms with Gasteiger partial charge in [-0.3, -0.25) is 14.5 Å². The maximum atomic E-state index is 12.8. The van der Waals surface area contributed by atoms with E-state index >= 15 is 0 Å². The van der Waals surface area contributed by atoms with E-state index in [9.17, 15) is 18.0 Å². The van der Waals surface area contributed by atoms with Gasteiger partial charge < -0.3 is 14.2 Å². The van der Waals surface area contributed by atoms with E-state index in [1.54, 1.807) is 35.4 Å². The predicted octanol–water partition coefficient (Wildman–Crippen LogP) is 1.55. The molecule has 34 heavy (non-hydrogen) atoms. The maximum absolute atomic E-state index is 12.8. The average Bonchev–Trinajstić information content (AvgIpc) is 3.36. The number of piperazine rings is 2. The molecule has 184 valence electrons. The molecular formula is C24H32N4O5S. The molecule has 2 amide bonds. The van der Waals surface area contributed by atoms with Gasteiger partial charge >= 0.3 is 0 Å². The minimum absolute atomic E-state index is 0.00779. The zero-order valence-corrected chi connectivity index (χ0v) is 20.4. The molecule has 2 aromatic rings. The van der Waals surface area contributed by atoms with Gasteiger partial charge in [-0.2, -0.15) is 4.31 Å². The summed E-state index contributed by atoms with van der Waals surface area (Å²) in [6, 6.07) is 10.6. The van der Waals surface area contributed by atoms with E-state index in [2.05, 4.69) is 4.90 Å². The number of hydrogen-bond acceptors (Lipinski definition) is 6. The number of carbonyl (C=O) groups is 2. The number of nitrogens with zero attached hydrogens (tertiary/aromatic N) is 4. The molecule has 0 radical (unpaired) electrons. The lowest BCUT2D eigenvalue weighted by Crippen LogP contribution is -2.51. The molecule has 2 aliphatic heterocycles. The third kappa shape index (κ3) is 5.86. The van der Waals surface area contributed by atoms with Gasteiger partial charge in [-0.05, 0) is 31.2 Å². The second-order valence-corrected chi connectivity index (χ2v) is 10.8. The van der Waals surface area contributed by atoms with Crippen molar-refractivity contribution in [1.82, 2.24) is 19.0 Å². The van der Waals surface area contributed by atoms with Gasteiger partial charge in [0.2, 0.25) is 21.8 Å². The molecule has 1 aromatic heterocycles. The molecule has 0 saturated carbocycles. The first-order valence-corrected chi connectivity index (χ1v) is 13.1. The van der Waals surface area contributed by atoms with Crippen LogP contribution in [-0.2, 0) is 26.2 Å². The van der Waals surface area contributed by atoms with Gasteiger partial charge in [-0.1, -0.05) is 17.7 Å². The molecule has 0 atom stereocenters. The van der Waals surface area contributed by atoms with Crippen molar-refractivity contribution in [2.75, 3.05) is 52.4 Å². The van der Waals surface area contributed by atoms with Crippen molar-refractivity contribution in [1.29, 1.82) is 0 Å². The largest absolute Gasteiger partial charge is 0.468 e. The molecule has 2 aliphatic rings. The van der Waals surface area contributed by atoms with E-state index in [4.69, 9.17) is 4.42 Å². The number of hydrogen-bond donors (Lipinski definition) is 0. The molecule has 2 fully saturated rings. The number of sulfonamides is 1. The first kappa shape index (κ1) is 24.4. The zero-order chi connectivity index (χ0) is 24.1. The van der Waals surface area contributed by atoms with Crippen molar-refractivity contribution in [2.45, 2.75) is 31.2 Å². The smallest absolute Gasteiger partial charge is 0.243 e. The van der Waals surface area contributed by atoms with Crippen LogP contribution in [-0.4, -0.2) is 91.6 Å². The Hall–Kier alpha value is -2.69. The summed E-state index contributed by atoms with van der Waals surface area (Å²) in [5, 5.41) is 0. The van der Waals surface area contributed by atoms with Crippen LogP contribution in [0.3, 0.4) is 0 Å². The summed E-state index contributed by atoms with van der Waals surface area (Å²) >= 11 is 0. The minimum Gasteiger partial charge on any atom is -0.468 e. The summed E-state index contributed by atoms with van der Waals surface area (Å²) in [6.07, 6.45) is 1.99. The lowest BCUT2D eigenvalue weighted by atomic mass is 10.2. The van der Waals surface area contributed by atoms with Crippen LogP contribution < -0.4 is 0 Å². The molecule has 2 saturated heterocycles. The third-order valence-electron chi connectivity index (χ3n) is 6.49. The fraction of sp³-hybridized carbons (Fsp3) is 0.500. The molecule has 9 nitrogen and oxygen atoms in total. The van der Waals surface area contributed by atoms with E-state index in [1.807, 2.05) is 24.0 Å². The van der Waals surface area contributed by atoms with Crippen LogP contribution in [0.1, 0.15) is 24.2 Å². The van der Waals surface area contributed by atoms with Gasteiger partial charge in [-0.25, -0.2) is 8.42 Å². The monoisotopic (exact) mass is 488 g/mol. The average molecular weight is 489 g/mol. The highest BCUT2D eigenvalue weighted by molar-refractivity contribution is 7.89. The van der Waals surface area contributed by atoms with E-state index in [-0.39, 0.29) is 42.6 Å². The Balaban J connectivity index is 1.18. The topological polar surface area (TPSA) is 94.4 Å². The normalized spacial score (nSPS) is 18.3. The number of rotatable bonds is 7. The lowest BCUT2D eigenvalue weighted by molar-refractivity contribution is -0.138. The van der Waals surface area contributed by atoms with Crippen LogP contribution >= 0.6 is 0 Å². The van der Waals surface area contributed by atoms with Crippen LogP contribution in [0.4, 0.5) is 0 Å². The Morgan fingerprint density at radius 1 is 0.824 bits per heavy atom. The Bertz CT molecular complexity index is 1070. The molecule has 0 bridgehead atoms. The second-order valence-electron chi connectivity index (χ2n) is 8.83. The van der Waals surface area contributed by atoms with Crippen molar-refractivity contribution in [2.24, 2.45) is 0 Å². The quantitative estimate of drug-likeness (QED) is 0.587. The third-order valence-corrected chi connectivity index (χ3v) is 8.40. The van der Waals surface area contributed by atoms with Crippen molar-refractivity contribution in [3.05, 3.63) is 54.0 Å². The molecular weight excluding hydrogens is 456 g/mol. The summed E-state index contributed by atoms with van der Waals surface area (Å²) in [6.45, 7) is 6.67. The first-order valence-electron chi connectivity index (χ1n) is 11.7. The Morgan fingerprint density at radius 2 is 1.38 bits per heavy atom. The summed E-state index contributed by atoms with van der Waals surface area (Å²) in [5.74, 6) is 0.806. The van der Waals surface area contributed by atoms with E-state index < -0.39 is 10.0 Å². The molecule has 1 aromatic carbocycles. The molecule has 0 spiro atoms. The summed E-state index contributed by atoms with van der Waals surface area (Å²) in [7, 11) is -3.56. The summed E-state index contributed by atoms with van der Waals surface area (Å²) in [4.78, 5) is 31.3. The molecule has 4 rings (SSSR count). The molecule has 0 unspecified atom stereocenters. The number of carbonyl (C=O) groups excluding carboxylic acids is 2. The predicted molar refractivity (Wildman–Crippen MR) is 126 cm³/mol. The Morgan fingerprint density at radius 3 is 1.91 bits per heavy atom. The Kier molecular flexibility index (Phi) is 7.70. The van der Waals surface area contributed by atoms with Gasteiger partial charge in [0.05, 0.1) is 17.7 Å². The number of amides is 2. The van der Waals surface area contributed by atoms with Gasteiger partial charge in [-0.15, -0.1) is 0 Å².